The van der Waals surface area contributed by atoms with Gasteiger partial charge in [0, 0.05) is 24.2 Å². The Morgan fingerprint density at radius 2 is 1.52 bits per heavy atom. The molecule has 40 heavy (non-hydrogen) atoms. The third kappa shape index (κ3) is 5.90. The number of ether oxygens (including phenoxy) is 1. The van der Waals surface area contributed by atoms with Gasteiger partial charge in [-0.3, -0.25) is 4.79 Å². The number of fused-ring (bicyclic) bond motifs is 1. The second-order valence-corrected chi connectivity index (χ2v) is 10.9. The van der Waals surface area contributed by atoms with E-state index < -0.39 is 33.0 Å². The predicted octanol–water partition coefficient (Wildman–Crippen LogP) is 5.44. The van der Waals surface area contributed by atoms with Crippen molar-refractivity contribution in [1.82, 2.24) is 14.3 Å². The Morgan fingerprint density at radius 3 is 2.20 bits per heavy atom. The molecule has 0 aliphatic carbocycles. The average molecular weight is 566 g/mol. The minimum Gasteiger partial charge on any atom is -0.457 e. The molecule has 0 aliphatic heterocycles. The number of hydrogen-bond acceptors (Lipinski definition) is 5. The Labute approximate surface area is 227 Å². The summed E-state index contributed by atoms with van der Waals surface area (Å²) < 4.78 is 76.5. The molecule has 1 N–H and O–H groups in total. The van der Waals surface area contributed by atoms with E-state index in [1.165, 1.54) is 17.0 Å². The van der Waals surface area contributed by atoms with E-state index in [0.29, 0.717) is 34.7 Å². The third-order valence-corrected chi connectivity index (χ3v) is 7.63. The number of halogens is 3. The van der Waals surface area contributed by atoms with E-state index in [0.717, 1.165) is 5.56 Å². The molecule has 1 aromatic heterocycles. The minimum atomic E-state index is -3.67. The maximum Gasteiger partial charge on any atom is 0.280 e. The van der Waals surface area contributed by atoms with Crippen molar-refractivity contribution in [2.45, 2.75) is 24.9 Å². The Morgan fingerprint density at radius 1 is 0.875 bits per heavy atom. The van der Waals surface area contributed by atoms with E-state index in [-0.39, 0.29) is 28.9 Å². The van der Waals surface area contributed by atoms with Crippen LogP contribution in [0.2, 0.25) is 0 Å². The molecule has 0 fully saturated rings. The first-order valence-corrected chi connectivity index (χ1v) is 13.5. The van der Waals surface area contributed by atoms with Gasteiger partial charge >= 0.3 is 0 Å². The first-order valence-electron chi connectivity index (χ1n) is 12.0. The molecule has 1 heterocycles. The largest absolute Gasteiger partial charge is 0.457 e. The summed E-state index contributed by atoms with van der Waals surface area (Å²) in [6, 6.07) is 19.0. The third-order valence-electron chi connectivity index (χ3n) is 6.21. The molecule has 0 atom stereocenters. The van der Waals surface area contributed by atoms with Gasteiger partial charge in [-0.15, -0.1) is 0 Å². The molecule has 0 radical (unpaired) electrons. The topological polar surface area (TPSA) is 90.3 Å². The van der Waals surface area contributed by atoms with Gasteiger partial charge in [0.05, 0.1) is 28.7 Å². The van der Waals surface area contributed by atoms with Gasteiger partial charge in [0.2, 0.25) is 10.0 Å². The van der Waals surface area contributed by atoms with Crippen molar-refractivity contribution in [3.05, 3.63) is 130 Å². The molecule has 4 aromatic carbocycles. The Bertz CT molecular complexity index is 1850. The summed E-state index contributed by atoms with van der Waals surface area (Å²) in [4.78, 5) is 16.4. The van der Waals surface area contributed by atoms with Crippen LogP contribution in [0.1, 0.15) is 16.7 Å². The summed E-state index contributed by atoms with van der Waals surface area (Å²) in [5, 5.41) is 0.157. The van der Waals surface area contributed by atoms with Crippen LogP contribution in [0.4, 0.5) is 13.2 Å². The number of nitrogens with zero attached hydrogens (tertiary/aromatic N) is 2. The molecular weight excluding hydrogens is 543 g/mol. The lowest BCUT2D eigenvalue weighted by atomic mass is 10.1. The highest BCUT2D eigenvalue weighted by Gasteiger charge is 2.15. The Balaban J connectivity index is 1.31. The number of aryl methyl sites for hydroxylation is 1. The van der Waals surface area contributed by atoms with Crippen molar-refractivity contribution in [3.63, 3.8) is 0 Å². The van der Waals surface area contributed by atoms with Gasteiger partial charge in [-0.2, -0.15) is 4.98 Å². The van der Waals surface area contributed by atoms with Crippen molar-refractivity contribution in [3.8, 4) is 11.5 Å². The second-order valence-electron chi connectivity index (χ2n) is 9.09. The molecular formula is C29H22F3N3O4S. The van der Waals surface area contributed by atoms with Crippen LogP contribution in [0.15, 0.2) is 94.9 Å². The molecule has 0 saturated heterocycles. The van der Waals surface area contributed by atoms with E-state index in [1.807, 2.05) is 6.92 Å². The predicted molar refractivity (Wildman–Crippen MR) is 143 cm³/mol. The molecule has 11 heteroatoms. The Hall–Kier alpha value is -4.48. The van der Waals surface area contributed by atoms with Crippen molar-refractivity contribution >= 4 is 20.9 Å². The van der Waals surface area contributed by atoms with Gasteiger partial charge in [-0.1, -0.05) is 29.8 Å². The highest BCUT2D eigenvalue weighted by Crippen LogP contribution is 2.26. The van der Waals surface area contributed by atoms with E-state index in [4.69, 9.17) is 4.74 Å². The summed E-state index contributed by atoms with van der Waals surface area (Å²) >= 11 is 0. The molecule has 0 amide bonds. The van der Waals surface area contributed by atoms with Crippen molar-refractivity contribution in [2.24, 2.45) is 0 Å². The van der Waals surface area contributed by atoms with E-state index in [1.54, 1.807) is 60.7 Å². The first-order chi connectivity index (χ1) is 19.1. The summed E-state index contributed by atoms with van der Waals surface area (Å²) in [6.45, 7) is 1.64. The summed E-state index contributed by atoms with van der Waals surface area (Å²) in [6.07, 6.45) is 1.17. The highest BCUT2D eigenvalue weighted by atomic mass is 32.2. The maximum atomic E-state index is 14.2. The molecule has 5 rings (SSSR count). The van der Waals surface area contributed by atoms with Gasteiger partial charge in [0.25, 0.3) is 5.56 Å². The van der Waals surface area contributed by atoms with E-state index >= 15 is 0 Å². The molecule has 0 spiro atoms. The normalized spacial score (nSPS) is 11.6. The minimum absolute atomic E-state index is 0.0763. The molecule has 0 saturated carbocycles. The first kappa shape index (κ1) is 27.1. The highest BCUT2D eigenvalue weighted by molar-refractivity contribution is 7.89. The van der Waals surface area contributed by atoms with Gasteiger partial charge < -0.3 is 9.30 Å². The summed E-state index contributed by atoms with van der Waals surface area (Å²) in [5.41, 5.74) is 1.09. The lowest BCUT2D eigenvalue weighted by molar-refractivity contribution is 0.483. The summed E-state index contributed by atoms with van der Waals surface area (Å²) in [5.74, 6) is -2.37. The number of aromatic nitrogens is 2. The van der Waals surface area contributed by atoms with Crippen LogP contribution in [-0.4, -0.2) is 18.0 Å². The molecule has 0 bridgehead atoms. The SMILES string of the molecule is Cc1ccc(S(=O)(=O)NCc2ccc(Oc3ccc4c(c3)c(=O)ncn4Cc3c(F)cc(F)cc3F)cc2)cc1. The second kappa shape index (κ2) is 10.9. The number of nitrogens with one attached hydrogen (secondary N) is 1. The standard InChI is InChI=1S/C29H22F3N3O4S/c1-18-2-9-23(10-3-18)40(37,38)34-15-19-4-6-21(7-5-19)39-22-8-11-28-24(14-22)29(36)33-17-35(28)16-25-26(31)12-20(30)13-27(25)32/h2-14,17,34H,15-16H2,1H3. The van der Waals surface area contributed by atoms with Crippen LogP contribution in [0, 0.1) is 24.4 Å². The zero-order chi connectivity index (χ0) is 28.4. The van der Waals surface area contributed by atoms with E-state index in [9.17, 15) is 26.4 Å². The number of sulfonamides is 1. The molecule has 5 aromatic rings. The Kier molecular flexibility index (Phi) is 7.42. The molecule has 0 unspecified atom stereocenters. The lowest BCUT2D eigenvalue weighted by Crippen LogP contribution is -2.23. The number of hydrogen-bond donors (Lipinski definition) is 1. The number of rotatable bonds is 8. The quantitative estimate of drug-likeness (QED) is 0.271. The van der Waals surface area contributed by atoms with Gasteiger partial charge in [-0.05, 0) is 55.0 Å². The van der Waals surface area contributed by atoms with Crippen molar-refractivity contribution in [1.29, 1.82) is 0 Å². The fourth-order valence-electron chi connectivity index (χ4n) is 4.06. The fourth-order valence-corrected chi connectivity index (χ4v) is 5.08. The zero-order valence-corrected chi connectivity index (χ0v) is 21.9. The van der Waals surface area contributed by atoms with Crippen LogP contribution < -0.4 is 15.0 Å². The fraction of sp³-hybridized carbons (Fsp3) is 0.103. The maximum absolute atomic E-state index is 14.2. The van der Waals surface area contributed by atoms with Gasteiger partial charge in [0.1, 0.15) is 29.0 Å². The van der Waals surface area contributed by atoms with Crippen LogP contribution in [0.5, 0.6) is 11.5 Å². The zero-order valence-electron chi connectivity index (χ0n) is 21.1. The monoisotopic (exact) mass is 565 g/mol. The van der Waals surface area contributed by atoms with Crippen LogP contribution in [-0.2, 0) is 23.1 Å². The number of benzene rings is 4. The molecule has 204 valence electrons. The van der Waals surface area contributed by atoms with E-state index in [2.05, 4.69) is 9.71 Å². The van der Waals surface area contributed by atoms with Crippen molar-refractivity contribution in [2.75, 3.05) is 0 Å². The summed E-state index contributed by atoms with van der Waals surface area (Å²) in [7, 11) is -3.67. The molecule has 7 nitrogen and oxygen atoms in total. The van der Waals surface area contributed by atoms with Crippen molar-refractivity contribution < 1.29 is 26.3 Å². The van der Waals surface area contributed by atoms with Crippen LogP contribution >= 0.6 is 0 Å². The average Bonchev–Trinajstić information content (AvgIpc) is 2.92. The van der Waals surface area contributed by atoms with Crippen LogP contribution in [0.25, 0.3) is 10.9 Å². The smallest absolute Gasteiger partial charge is 0.280 e. The molecule has 0 aliphatic rings. The lowest BCUT2D eigenvalue weighted by Gasteiger charge is -2.13. The van der Waals surface area contributed by atoms with Gasteiger partial charge in [0.15, 0.2) is 0 Å². The van der Waals surface area contributed by atoms with Crippen LogP contribution in [0.3, 0.4) is 0 Å². The van der Waals surface area contributed by atoms with Gasteiger partial charge in [-0.25, -0.2) is 26.3 Å².